The zero-order valence-electron chi connectivity index (χ0n) is 20.1. The van der Waals surface area contributed by atoms with Crippen molar-refractivity contribution in [3.05, 3.63) is 47.5 Å². The van der Waals surface area contributed by atoms with Crippen molar-refractivity contribution in [2.75, 3.05) is 29.5 Å². The van der Waals surface area contributed by atoms with Gasteiger partial charge in [0.1, 0.15) is 23.7 Å². The van der Waals surface area contributed by atoms with Gasteiger partial charge in [-0.05, 0) is 31.0 Å². The van der Waals surface area contributed by atoms with E-state index in [1.165, 1.54) is 17.2 Å². The monoisotopic (exact) mass is 546 g/mol. The number of carboxylic acid groups (broad SMARTS) is 1. The van der Waals surface area contributed by atoms with E-state index in [-0.39, 0.29) is 36.6 Å². The van der Waals surface area contributed by atoms with Gasteiger partial charge in [-0.2, -0.15) is 0 Å². The van der Waals surface area contributed by atoms with Crippen LogP contribution in [0.4, 0.5) is 20.3 Å². The Hall–Kier alpha value is -3.51. The fourth-order valence-corrected chi connectivity index (χ4v) is 5.72. The molecule has 3 aromatic rings. The molecule has 3 saturated heterocycles. The lowest BCUT2D eigenvalue weighted by atomic mass is 10.1. The molecule has 6 rings (SSSR count). The second-order valence-electron chi connectivity index (χ2n) is 9.56. The molecule has 200 valence electrons. The van der Waals surface area contributed by atoms with Crippen molar-refractivity contribution in [1.82, 2.24) is 19.9 Å². The standard InChI is InChI=1S/C25H25ClF2N6O4/c26-13-8-18(33-6-3-20-17(33)4-7-37-20)24(30-11-13)38-14-9-19(25(35)36)34(12-14)21-10-16(15-2-1-5-29-15)31-23(32-21)22(27)28/h1-2,5,8,10-11,14,17,19-20,22,29H,3-4,6-7,9,12H2,(H,35,36)/t14-,17?,19-,20?/m0/s1. The topological polar surface area (TPSA) is 117 Å². The van der Waals surface area contributed by atoms with Gasteiger partial charge in [0.25, 0.3) is 6.43 Å². The number of hydrogen-bond donors (Lipinski definition) is 2. The summed E-state index contributed by atoms with van der Waals surface area (Å²) in [5.41, 5.74) is 1.49. The highest BCUT2D eigenvalue weighted by Gasteiger charge is 2.42. The molecule has 3 fully saturated rings. The quantitative estimate of drug-likeness (QED) is 0.454. The van der Waals surface area contributed by atoms with E-state index in [1.807, 2.05) is 0 Å². The molecular weight excluding hydrogens is 522 g/mol. The molecule has 0 radical (unpaired) electrons. The third kappa shape index (κ3) is 4.62. The van der Waals surface area contributed by atoms with E-state index in [0.29, 0.717) is 23.2 Å². The van der Waals surface area contributed by atoms with Crippen LogP contribution in [0.15, 0.2) is 36.7 Å². The number of carbonyl (C=O) groups is 1. The third-order valence-corrected chi connectivity index (χ3v) is 7.46. The van der Waals surface area contributed by atoms with Gasteiger partial charge in [0.2, 0.25) is 5.88 Å². The van der Waals surface area contributed by atoms with Crippen LogP contribution >= 0.6 is 11.6 Å². The van der Waals surface area contributed by atoms with Gasteiger partial charge in [-0.1, -0.05) is 11.6 Å². The van der Waals surface area contributed by atoms with Crippen LogP contribution in [-0.2, 0) is 9.53 Å². The zero-order chi connectivity index (χ0) is 26.4. The number of aliphatic carboxylic acids is 1. The Balaban J connectivity index is 1.29. The first kappa shape index (κ1) is 24.8. The molecule has 0 bridgehead atoms. The summed E-state index contributed by atoms with van der Waals surface area (Å²) >= 11 is 6.28. The van der Waals surface area contributed by atoms with Gasteiger partial charge in [-0.25, -0.2) is 28.5 Å². The lowest BCUT2D eigenvalue weighted by Gasteiger charge is -2.27. The van der Waals surface area contributed by atoms with Crippen LogP contribution in [0.1, 0.15) is 31.5 Å². The summed E-state index contributed by atoms with van der Waals surface area (Å²) in [7, 11) is 0. The first-order valence-corrected chi connectivity index (χ1v) is 12.8. The first-order valence-electron chi connectivity index (χ1n) is 12.4. The van der Waals surface area contributed by atoms with Crippen LogP contribution in [0.5, 0.6) is 5.88 Å². The van der Waals surface area contributed by atoms with Crippen molar-refractivity contribution in [1.29, 1.82) is 0 Å². The summed E-state index contributed by atoms with van der Waals surface area (Å²) in [4.78, 5) is 31.2. The fourth-order valence-electron chi connectivity index (χ4n) is 5.57. The number of halogens is 3. The lowest BCUT2D eigenvalue weighted by molar-refractivity contribution is -0.138. The third-order valence-electron chi connectivity index (χ3n) is 7.26. The number of aromatic amines is 1. The minimum absolute atomic E-state index is 0.0909. The van der Waals surface area contributed by atoms with E-state index in [4.69, 9.17) is 21.1 Å². The molecule has 13 heteroatoms. The minimum Gasteiger partial charge on any atom is -0.480 e. The molecule has 2 unspecified atom stereocenters. The number of ether oxygens (including phenoxy) is 2. The van der Waals surface area contributed by atoms with Crippen molar-refractivity contribution in [3.63, 3.8) is 0 Å². The van der Waals surface area contributed by atoms with Crippen molar-refractivity contribution in [3.8, 4) is 17.3 Å². The van der Waals surface area contributed by atoms with E-state index < -0.39 is 30.4 Å². The largest absolute Gasteiger partial charge is 0.480 e. The summed E-state index contributed by atoms with van der Waals surface area (Å²) in [5.74, 6) is -1.34. The van der Waals surface area contributed by atoms with Crippen LogP contribution in [0.2, 0.25) is 5.02 Å². The van der Waals surface area contributed by atoms with Crippen LogP contribution in [0.25, 0.3) is 11.4 Å². The maximum absolute atomic E-state index is 13.7. The van der Waals surface area contributed by atoms with Gasteiger partial charge in [0.15, 0.2) is 5.82 Å². The van der Waals surface area contributed by atoms with Crippen molar-refractivity contribution >= 4 is 29.1 Å². The summed E-state index contributed by atoms with van der Waals surface area (Å²) in [6.07, 6.45) is 1.66. The highest BCUT2D eigenvalue weighted by molar-refractivity contribution is 6.30. The maximum Gasteiger partial charge on any atom is 0.326 e. The summed E-state index contributed by atoms with van der Waals surface area (Å²) in [6.45, 7) is 1.57. The van der Waals surface area contributed by atoms with Gasteiger partial charge in [0.05, 0.1) is 35.1 Å². The number of H-pyrrole nitrogens is 1. The number of anilines is 2. The normalized spacial score (nSPS) is 24.8. The number of carboxylic acids is 1. The van der Waals surface area contributed by atoms with Crippen molar-refractivity contribution in [2.24, 2.45) is 0 Å². The van der Waals surface area contributed by atoms with Crippen LogP contribution in [0.3, 0.4) is 0 Å². The average molecular weight is 547 g/mol. The molecule has 10 nitrogen and oxygen atoms in total. The summed E-state index contributed by atoms with van der Waals surface area (Å²) in [5, 5.41) is 10.4. The van der Waals surface area contributed by atoms with E-state index in [9.17, 15) is 18.7 Å². The molecule has 0 aliphatic carbocycles. The van der Waals surface area contributed by atoms with Gasteiger partial charge in [-0.3, -0.25) is 0 Å². The van der Waals surface area contributed by atoms with E-state index in [1.54, 1.807) is 24.4 Å². The Bertz CT molecular complexity index is 1330. The first-order chi connectivity index (χ1) is 18.4. The number of aromatic nitrogens is 4. The zero-order valence-corrected chi connectivity index (χ0v) is 20.9. The Morgan fingerprint density at radius 3 is 2.89 bits per heavy atom. The molecule has 0 aromatic carbocycles. The lowest BCUT2D eigenvalue weighted by Crippen LogP contribution is -2.37. The number of pyridine rings is 1. The van der Waals surface area contributed by atoms with Gasteiger partial charge < -0.3 is 29.4 Å². The van der Waals surface area contributed by atoms with E-state index in [0.717, 1.165) is 25.1 Å². The Morgan fingerprint density at radius 1 is 1.26 bits per heavy atom. The average Bonchev–Trinajstić information content (AvgIpc) is 3.69. The van der Waals surface area contributed by atoms with Gasteiger partial charge in [-0.15, -0.1) is 0 Å². The Kier molecular flexibility index (Phi) is 6.52. The molecular formula is C25H25ClF2N6O4. The van der Waals surface area contributed by atoms with Crippen LogP contribution in [-0.4, -0.2) is 75.0 Å². The fraction of sp³-hybridized carbons (Fsp3) is 0.440. The van der Waals surface area contributed by atoms with Gasteiger partial charge >= 0.3 is 5.97 Å². The molecule has 2 N–H and O–H groups in total. The molecule has 3 aliphatic rings. The number of nitrogens with zero attached hydrogens (tertiary/aromatic N) is 5. The van der Waals surface area contributed by atoms with Crippen molar-refractivity contribution < 1.29 is 28.2 Å². The molecule has 3 aromatic heterocycles. The summed E-state index contributed by atoms with van der Waals surface area (Å²) in [6, 6.07) is 5.88. The van der Waals surface area contributed by atoms with Crippen LogP contribution in [0, 0.1) is 0 Å². The predicted octanol–water partition coefficient (Wildman–Crippen LogP) is 3.94. The smallest absolute Gasteiger partial charge is 0.326 e. The molecule has 6 heterocycles. The number of rotatable bonds is 7. The maximum atomic E-state index is 13.7. The second kappa shape index (κ2) is 9.99. The molecule has 0 amide bonds. The Morgan fingerprint density at radius 2 is 2.13 bits per heavy atom. The van der Waals surface area contributed by atoms with E-state index in [2.05, 4.69) is 24.8 Å². The molecule has 0 saturated carbocycles. The molecule has 4 atom stereocenters. The molecule has 38 heavy (non-hydrogen) atoms. The van der Waals surface area contributed by atoms with E-state index >= 15 is 0 Å². The van der Waals surface area contributed by atoms with Crippen molar-refractivity contribution in [2.45, 2.75) is 50.0 Å². The Labute approximate surface area is 221 Å². The van der Waals surface area contributed by atoms with Gasteiger partial charge in [0, 0.05) is 38.0 Å². The van der Waals surface area contributed by atoms with Crippen LogP contribution < -0.4 is 14.5 Å². The number of fused-ring (bicyclic) bond motifs is 1. The predicted molar refractivity (Wildman–Crippen MR) is 134 cm³/mol. The minimum atomic E-state index is -2.92. The number of hydrogen-bond acceptors (Lipinski definition) is 8. The highest BCUT2D eigenvalue weighted by Crippen LogP contribution is 2.40. The molecule has 0 spiro atoms. The molecule has 3 aliphatic heterocycles. The number of nitrogens with one attached hydrogen (secondary N) is 1. The number of alkyl halides is 2. The second-order valence-corrected chi connectivity index (χ2v) is 10.00. The SMILES string of the molecule is O=C(O)[C@@H]1C[C@H](Oc2ncc(Cl)cc2N2CCC3OCCC32)CN1c1cc(-c2ccc[nH]2)nc(C(F)F)n1. The highest BCUT2D eigenvalue weighted by atomic mass is 35.5. The summed E-state index contributed by atoms with van der Waals surface area (Å²) < 4.78 is 39.4.